The third-order valence-corrected chi connectivity index (χ3v) is 3.48. The fourth-order valence-electron chi connectivity index (χ4n) is 2.30. The number of benzene rings is 1. The van der Waals surface area contributed by atoms with Crippen molar-refractivity contribution >= 4 is 11.6 Å². The molecule has 5 heteroatoms. The Balaban J connectivity index is 2.07. The number of carbonyl (C=O) groups excluding carboxylic acids is 1. The van der Waals surface area contributed by atoms with Crippen molar-refractivity contribution in [2.45, 2.75) is 26.7 Å². The number of carbonyl (C=O) groups is 1. The van der Waals surface area contributed by atoms with Gasteiger partial charge in [-0.3, -0.25) is 4.79 Å². The van der Waals surface area contributed by atoms with Gasteiger partial charge in [0.25, 0.3) is 5.91 Å². The van der Waals surface area contributed by atoms with Crippen molar-refractivity contribution in [1.82, 2.24) is 4.90 Å². The highest BCUT2D eigenvalue weighted by atomic mass is 16.5. The minimum Gasteiger partial charge on any atom is -0.483 e. The minimum absolute atomic E-state index is 0.00705. The number of aryl methyl sites for hydroxylation is 1. The highest BCUT2D eigenvalue weighted by Gasteiger charge is 2.19. The molecule has 20 heavy (non-hydrogen) atoms. The zero-order valence-corrected chi connectivity index (χ0v) is 11.9. The maximum absolute atomic E-state index is 12.0. The van der Waals surface area contributed by atoms with E-state index in [1.54, 1.807) is 13.0 Å². The van der Waals surface area contributed by atoms with E-state index in [9.17, 15) is 4.79 Å². The van der Waals surface area contributed by atoms with Gasteiger partial charge in [0.05, 0.1) is 5.71 Å². The van der Waals surface area contributed by atoms with Crippen LogP contribution in [-0.2, 0) is 4.79 Å². The molecule has 0 spiro atoms. The second-order valence-corrected chi connectivity index (χ2v) is 5.06. The Morgan fingerprint density at radius 2 is 2.10 bits per heavy atom. The van der Waals surface area contributed by atoms with E-state index in [-0.39, 0.29) is 12.5 Å². The van der Waals surface area contributed by atoms with Crippen LogP contribution in [0.15, 0.2) is 23.4 Å². The van der Waals surface area contributed by atoms with Gasteiger partial charge in [-0.05, 0) is 38.8 Å². The maximum atomic E-state index is 12.0. The number of likely N-dealkylation sites (tertiary alicyclic amines) is 1. The molecule has 1 aromatic carbocycles. The summed E-state index contributed by atoms with van der Waals surface area (Å²) in [5.41, 5.74) is 2.22. The zero-order chi connectivity index (χ0) is 14.5. The second-order valence-electron chi connectivity index (χ2n) is 5.06. The monoisotopic (exact) mass is 276 g/mol. The fourth-order valence-corrected chi connectivity index (χ4v) is 2.30. The average Bonchev–Trinajstić information content (AvgIpc) is 2.99. The zero-order valence-electron chi connectivity index (χ0n) is 11.9. The molecule has 0 aromatic heterocycles. The van der Waals surface area contributed by atoms with Gasteiger partial charge in [0.2, 0.25) is 0 Å². The predicted molar refractivity (Wildman–Crippen MR) is 76.5 cm³/mol. The number of oxime groups is 1. The molecule has 1 aliphatic rings. The van der Waals surface area contributed by atoms with Crippen LogP contribution in [0.1, 0.15) is 30.9 Å². The van der Waals surface area contributed by atoms with Crippen LogP contribution < -0.4 is 4.74 Å². The van der Waals surface area contributed by atoms with E-state index < -0.39 is 0 Å². The number of rotatable bonds is 4. The van der Waals surface area contributed by atoms with Crippen molar-refractivity contribution in [2.24, 2.45) is 5.16 Å². The van der Waals surface area contributed by atoms with Gasteiger partial charge in [-0.2, -0.15) is 0 Å². The molecule has 1 aliphatic heterocycles. The van der Waals surface area contributed by atoms with E-state index in [2.05, 4.69) is 5.16 Å². The summed E-state index contributed by atoms with van der Waals surface area (Å²) >= 11 is 0. The van der Waals surface area contributed by atoms with Crippen LogP contribution in [-0.4, -0.2) is 41.4 Å². The lowest BCUT2D eigenvalue weighted by Gasteiger charge is -2.17. The molecule has 1 N–H and O–H groups in total. The van der Waals surface area contributed by atoms with E-state index in [0.29, 0.717) is 17.0 Å². The Labute approximate surface area is 118 Å². The van der Waals surface area contributed by atoms with E-state index in [1.807, 2.05) is 24.0 Å². The second kappa shape index (κ2) is 6.41. The summed E-state index contributed by atoms with van der Waals surface area (Å²) in [5, 5.41) is 12.1. The maximum Gasteiger partial charge on any atom is 0.260 e. The molecule has 1 saturated heterocycles. The van der Waals surface area contributed by atoms with Crippen LogP contribution in [0.2, 0.25) is 0 Å². The first kappa shape index (κ1) is 14.4. The fraction of sp³-hybridized carbons (Fsp3) is 0.467. The van der Waals surface area contributed by atoms with Crippen LogP contribution >= 0.6 is 0 Å². The third-order valence-electron chi connectivity index (χ3n) is 3.48. The van der Waals surface area contributed by atoms with Crippen molar-refractivity contribution in [1.29, 1.82) is 0 Å². The van der Waals surface area contributed by atoms with E-state index in [4.69, 9.17) is 9.94 Å². The first-order valence-electron chi connectivity index (χ1n) is 6.82. The summed E-state index contributed by atoms with van der Waals surface area (Å²) in [4.78, 5) is 13.8. The summed E-state index contributed by atoms with van der Waals surface area (Å²) in [6.07, 6.45) is 2.13. The van der Waals surface area contributed by atoms with Gasteiger partial charge < -0.3 is 14.8 Å². The molecule has 0 bridgehead atoms. The SMILES string of the molecule is C/C(=N\O)c1cc(C)ccc1OCC(=O)N1CCCC1. The molecule has 0 radical (unpaired) electrons. The average molecular weight is 276 g/mol. The highest BCUT2D eigenvalue weighted by Crippen LogP contribution is 2.21. The van der Waals surface area contributed by atoms with Crippen LogP contribution in [0.4, 0.5) is 0 Å². The normalized spacial score (nSPS) is 15.5. The van der Waals surface area contributed by atoms with Gasteiger partial charge in [0, 0.05) is 18.7 Å². The van der Waals surface area contributed by atoms with Crippen LogP contribution in [0.25, 0.3) is 0 Å². The first-order chi connectivity index (χ1) is 9.61. The van der Waals surface area contributed by atoms with Crippen LogP contribution in [0, 0.1) is 6.92 Å². The number of amides is 1. The summed E-state index contributed by atoms with van der Waals surface area (Å²) in [7, 11) is 0. The lowest BCUT2D eigenvalue weighted by Crippen LogP contribution is -2.32. The Kier molecular flexibility index (Phi) is 4.61. The molecule has 5 nitrogen and oxygen atoms in total. The van der Waals surface area contributed by atoms with Gasteiger partial charge in [0.15, 0.2) is 6.61 Å². The minimum atomic E-state index is 0.00705. The summed E-state index contributed by atoms with van der Waals surface area (Å²) in [6, 6.07) is 5.59. The van der Waals surface area contributed by atoms with Gasteiger partial charge >= 0.3 is 0 Å². The quantitative estimate of drug-likeness (QED) is 0.521. The van der Waals surface area contributed by atoms with Gasteiger partial charge in [-0.25, -0.2) is 0 Å². The van der Waals surface area contributed by atoms with Crippen molar-refractivity contribution in [3.63, 3.8) is 0 Å². The number of hydrogen-bond donors (Lipinski definition) is 1. The summed E-state index contributed by atoms with van der Waals surface area (Å²) in [5.74, 6) is 0.575. The first-order valence-corrected chi connectivity index (χ1v) is 6.82. The van der Waals surface area contributed by atoms with Crippen molar-refractivity contribution < 1.29 is 14.7 Å². The summed E-state index contributed by atoms with van der Waals surface area (Å²) < 4.78 is 5.61. The largest absolute Gasteiger partial charge is 0.483 e. The van der Waals surface area contributed by atoms with Gasteiger partial charge in [-0.1, -0.05) is 16.8 Å². The van der Waals surface area contributed by atoms with E-state index in [1.165, 1.54) is 0 Å². The molecular weight excluding hydrogens is 256 g/mol. The highest BCUT2D eigenvalue weighted by molar-refractivity contribution is 6.01. The third kappa shape index (κ3) is 3.29. The molecule has 0 aliphatic carbocycles. The standard InChI is InChI=1S/C15H20N2O3/c1-11-5-6-14(13(9-11)12(2)16-19)20-10-15(18)17-7-3-4-8-17/h5-6,9,19H,3-4,7-8,10H2,1-2H3/b16-12+. The molecule has 0 atom stereocenters. The Morgan fingerprint density at radius 1 is 1.40 bits per heavy atom. The molecule has 0 saturated carbocycles. The van der Waals surface area contributed by atoms with Crippen molar-refractivity contribution in [3.05, 3.63) is 29.3 Å². The lowest BCUT2D eigenvalue weighted by molar-refractivity contribution is -0.132. The van der Waals surface area contributed by atoms with Crippen LogP contribution in [0.5, 0.6) is 5.75 Å². The Morgan fingerprint density at radius 3 is 2.75 bits per heavy atom. The molecule has 1 aromatic rings. The van der Waals surface area contributed by atoms with Crippen LogP contribution in [0.3, 0.4) is 0 Å². The van der Waals surface area contributed by atoms with E-state index >= 15 is 0 Å². The van der Waals surface area contributed by atoms with Crippen molar-refractivity contribution in [2.75, 3.05) is 19.7 Å². The Bertz CT molecular complexity index is 520. The Hall–Kier alpha value is -2.04. The number of ether oxygens (including phenoxy) is 1. The topological polar surface area (TPSA) is 62.1 Å². The molecular formula is C15H20N2O3. The molecule has 1 amide bonds. The van der Waals surface area contributed by atoms with Gasteiger partial charge in [0.1, 0.15) is 5.75 Å². The lowest BCUT2D eigenvalue weighted by atomic mass is 10.1. The molecule has 1 heterocycles. The molecule has 2 rings (SSSR count). The smallest absolute Gasteiger partial charge is 0.260 e. The van der Waals surface area contributed by atoms with Gasteiger partial charge in [-0.15, -0.1) is 0 Å². The number of hydrogen-bond acceptors (Lipinski definition) is 4. The molecule has 108 valence electrons. The number of nitrogens with zero attached hydrogens (tertiary/aromatic N) is 2. The predicted octanol–water partition coefficient (Wildman–Crippen LogP) is 2.19. The van der Waals surface area contributed by atoms with Crippen molar-refractivity contribution in [3.8, 4) is 5.75 Å². The summed E-state index contributed by atoms with van der Waals surface area (Å²) in [6.45, 7) is 5.31. The molecule has 0 unspecified atom stereocenters. The van der Waals surface area contributed by atoms with E-state index in [0.717, 1.165) is 31.5 Å². The molecule has 1 fully saturated rings.